The number of hydrogen-bond acceptors (Lipinski definition) is 2. The Morgan fingerprint density at radius 2 is 1.89 bits per heavy atom. The molecule has 0 amide bonds. The standard InChI is InChI=1S/C14H11BrF2O2/c1-8(18)14-11(17)3-2-4-12(14)19-13-7-9(16)5-6-10(13)15/h2-8,18H,1H3/t8-/m0/s1. The van der Waals surface area contributed by atoms with Crippen LogP contribution in [0.2, 0.25) is 0 Å². The Morgan fingerprint density at radius 1 is 1.16 bits per heavy atom. The van der Waals surface area contributed by atoms with Gasteiger partial charge in [0.05, 0.1) is 16.1 Å². The summed E-state index contributed by atoms with van der Waals surface area (Å²) in [6.07, 6.45) is -1.02. The third kappa shape index (κ3) is 3.11. The minimum Gasteiger partial charge on any atom is -0.456 e. The van der Waals surface area contributed by atoms with E-state index < -0.39 is 17.7 Å². The zero-order chi connectivity index (χ0) is 14.0. The van der Waals surface area contributed by atoms with Crippen LogP contribution < -0.4 is 4.74 Å². The van der Waals surface area contributed by atoms with Crippen LogP contribution in [0.15, 0.2) is 40.9 Å². The molecule has 1 atom stereocenters. The first kappa shape index (κ1) is 14.0. The van der Waals surface area contributed by atoms with Gasteiger partial charge in [-0.2, -0.15) is 0 Å². The molecule has 0 aliphatic carbocycles. The molecular formula is C14H11BrF2O2. The number of hydrogen-bond donors (Lipinski definition) is 1. The fraction of sp³-hybridized carbons (Fsp3) is 0.143. The van der Waals surface area contributed by atoms with Gasteiger partial charge >= 0.3 is 0 Å². The second-order valence-corrected chi connectivity index (χ2v) is 4.86. The van der Waals surface area contributed by atoms with Gasteiger partial charge in [-0.3, -0.25) is 0 Å². The van der Waals surface area contributed by atoms with Crippen LogP contribution in [0.4, 0.5) is 8.78 Å². The smallest absolute Gasteiger partial charge is 0.144 e. The second-order valence-electron chi connectivity index (χ2n) is 4.00. The summed E-state index contributed by atoms with van der Waals surface area (Å²) in [6, 6.07) is 8.16. The maximum absolute atomic E-state index is 13.7. The number of halogens is 3. The molecular weight excluding hydrogens is 318 g/mol. The molecule has 1 N–H and O–H groups in total. The number of rotatable bonds is 3. The van der Waals surface area contributed by atoms with Gasteiger partial charge in [-0.25, -0.2) is 8.78 Å². The van der Waals surface area contributed by atoms with Crippen molar-refractivity contribution in [3.05, 3.63) is 58.1 Å². The molecule has 0 unspecified atom stereocenters. The van der Waals surface area contributed by atoms with Gasteiger partial charge in [-0.05, 0) is 47.1 Å². The third-order valence-electron chi connectivity index (χ3n) is 2.54. The van der Waals surface area contributed by atoms with Crippen molar-refractivity contribution in [1.82, 2.24) is 0 Å². The molecule has 0 bridgehead atoms. The van der Waals surface area contributed by atoms with E-state index in [-0.39, 0.29) is 17.1 Å². The van der Waals surface area contributed by atoms with Crippen molar-refractivity contribution < 1.29 is 18.6 Å². The lowest BCUT2D eigenvalue weighted by atomic mass is 10.1. The van der Waals surface area contributed by atoms with Crippen molar-refractivity contribution in [2.45, 2.75) is 13.0 Å². The average molecular weight is 329 g/mol. The fourth-order valence-corrected chi connectivity index (χ4v) is 2.01. The Hall–Kier alpha value is -1.46. The quantitative estimate of drug-likeness (QED) is 0.894. The Balaban J connectivity index is 2.44. The summed E-state index contributed by atoms with van der Waals surface area (Å²) in [5.74, 6) is -0.665. The van der Waals surface area contributed by atoms with Gasteiger partial charge in [0.15, 0.2) is 0 Å². The largest absolute Gasteiger partial charge is 0.456 e. The highest BCUT2D eigenvalue weighted by atomic mass is 79.9. The van der Waals surface area contributed by atoms with Crippen molar-refractivity contribution in [3.8, 4) is 11.5 Å². The highest BCUT2D eigenvalue weighted by Gasteiger charge is 2.16. The van der Waals surface area contributed by atoms with Gasteiger partial charge in [-0.15, -0.1) is 0 Å². The van der Waals surface area contributed by atoms with E-state index >= 15 is 0 Å². The van der Waals surface area contributed by atoms with Crippen molar-refractivity contribution in [3.63, 3.8) is 0 Å². The summed E-state index contributed by atoms with van der Waals surface area (Å²) in [6.45, 7) is 1.44. The maximum Gasteiger partial charge on any atom is 0.144 e. The molecule has 0 aromatic heterocycles. The van der Waals surface area contributed by atoms with Gasteiger partial charge < -0.3 is 9.84 Å². The second kappa shape index (κ2) is 5.67. The zero-order valence-corrected chi connectivity index (χ0v) is 11.6. The minimum absolute atomic E-state index is 0.0404. The topological polar surface area (TPSA) is 29.5 Å². The van der Waals surface area contributed by atoms with Gasteiger partial charge in [-0.1, -0.05) is 6.07 Å². The van der Waals surface area contributed by atoms with Gasteiger partial charge in [0.1, 0.15) is 23.1 Å². The highest BCUT2D eigenvalue weighted by molar-refractivity contribution is 9.10. The van der Waals surface area contributed by atoms with Crippen LogP contribution in [0.1, 0.15) is 18.6 Å². The third-order valence-corrected chi connectivity index (χ3v) is 3.20. The van der Waals surface area contributed by atoms with Crippen LogP contribution in [0.5, 0.6) is 11.5 Å². The first-order chi connectivity index (χ1) is 8.99. The Labute approximate surface area is 117 Å². The van der Waals surface area contributed by atoms with Crippen molar-refractivity contribution in [1.29, 1.82) is 0 Å². The summed E-state index contributed by atoms with van der Waals surface area (Å²) in [4.78, 5) is 0. The molecule has 100 valence electrons. The molecule has 0 spiro atoms. The van der Waals surface area contributed by atoms with E-state index in [0.717, 1.165) is 0 Å². The number of aliphatic hydroxyl groups is 1. The predicted octanol–water partition coefficient (Wildman–Crippen LogP) is 4.57. The maximum atomic E-state index is 13.7. The number of aliphatic hydroxyl groups excluding tert-OH is 1. The minimum atomic E-state index is -1.02. The van der Waals surface area contributed by atoms with E-state index in [1.54, 1.807) is 0 Å². The monoisotopic (exact) mass is 328 g/mol. The highest BCUT2D eigenvalue weighted by Crippen LogP contribution is 2.35. The lowest BCUT2D eigenvalue weighted by Crippen LogP contribution is -2.00. The molecule has 0 saturated carbocycles. The van der Waals surface area contributed by atoms with Crippen molar-refractivity contribution >= 4 is 15.9 Å². The van der Waals surface area contributed by atoms with Crippen LogP contribution in [0.3, 0.4) is 0 Å². The molecule has 19 heavy (non-hydrogen) atoms. The molecule has 0 aliphatic heterocycles. The molecule has 0 aliphatic rings. The average Bonchev–Trinajstić information content (AvgIpc) is 2.33. The Kier molecular flexibility index (Phi) is 4.17. The molecule has 2 aromatic carbocycles. The molecule has 2 rings (SSSR count). The number of benzene rings is 2. The molecule has 2 aromatic rings. The van der Waals surface area contributed by atoms with E-state index in [9.17, 15) is 13.9 Å². The van der Waals surface area contributed by atoms with E-state index in [1.807, 2.05) is 0 Å². The summed E-state index contributed by atoms with van der Waals surface area (Å²) < 4.78 is 32.8. The molecule has 0 saturated heterocycles. The van der Waals surface area contributed by atoms with Crippen LogP contribution in [0.25, 0.3) is 0 Å². The summed E-state index contributed by atoms with van der Waals surface area (Å²) in [7, 11) is 0. The lowest BCUT2D eigenvalue weighted by molar-refractivity contribution is 0.190. The van der Waals surface area contributed by atoms with E-state index in [4.69, 9.17) is 4.74 Å². The molecule has 0 heterocycles. The Bertz CT molecular complexity index is 600. The number of ether oxygens (including phenoxy) is 1. The van der Waals surface area contributed by atoms with Gasteiger partial charge in [0.25, 0.3) is 0 Å². The zero-order valence-electron chi connectivity index (χ0n) is 10.0. The predicted molar refractivity (Wildman–Crippen MR) is 71.2 cm³/mol. The van der Waals surface area contributed by atoms with E-state index in [0.29, 0.717) is 4.47 Å². The van der Waals surface area contributed by atoms with Crippen LogP contribution in [-0.4, -0.2) is 5.11 Å². The van der Waals surface area contributed by atoms with Crippen LogP contribution in [0, 0.1) is 11.6 Å². The first-order valence-corrected chi connectivity index (χ1v) is 6.37. The summed E-state index contributed by atoms with van der Waals surface area (Å²) in [5.41, 5.74) is 0.0404. The van der Waals surface area contributed by atoms with Crippen molar-refractivity contribution in [2.75, 3.05) is 0 Å². The van der Waals surface area contributed by atoms with Crippen LogP contribution >= 0.6 is 15.9 Å². The van der Waals surface area contributed by atoms with Gasteiger partial charge in [0.2, 0.25) is 0 Å². The normalized spacial score (nSPS) is 12.3. The summed E-state index contributed by atoms with van der Waals surface area (Å²) in [5, 5.41) is 9.58. The molecule has 2 nitrogen and oxygen atoms in total. The fourth-order valence-electron chi connectivity index (χ4n) is 1.69. The Morgan fingerprint density at radius 3 is 2.58 bits per heavy atom. The lowest BCUT2D eigenvalue weighted by Gasteiger charge is -2.14. The SMILES string of the molecule is C[C@H](O)c1c(F)cccc1Oc1cc(F)ccc1Br. The molecule has 0 radical (unpaired) electrons. The van der Waals surface area contributed by atoms with Crippen molar-refractivity contribution in [2.24, 2.45) is 0 Å². The van der Waals surface area contributed by atoms with E-state index in [1.165, 1.54) is 43.3 Å². The summed E-state index contributed by atoms with van der Waals surface area (Å²) >= 11 is 3.22. The first-order valence-electron chi connectivity index (χ1n) is 5.58. The van der Waals surface area contributed by atoms with Gasteiger partial charge in [0, 0.05) is 6.07 Å². The van der Waals surface area contributed by atoms with Crippen LogP contribution in [-0.2, 0) is 0 Å². The molecule has 0 fully saturated rings. The van der Waals surface area contributed by atoms with E-state index in [2.05, 4.69) is 15.9 Å². The molecule has 5 heteroatoms.